The summed E-state index contributed by atoms with van der Waals surface area (Å²) in [6, 6.07) is 12.6. The molecule has 31 heavy (non-hydrogen) atoms. The Morgan fingerprint density at radius 2 is 1.94 bits per heavy atom. The number of amides is 1. The molecule has 0 atom stereocenters. The molecule has 162 valence electrons. The maximum atomic E-state index is 12.1. The number of aromatic nitrogens is 2. The first kappa shape index (κ1) is 22.7. The number of benzene rings is 2. The third-order valence-corrected chi connectivity index (χ3v) is 5.10. The Bertz CT molecular complexity index is 1110. The van der Waals surface area contributed by atoms with Crippen molar-refractivity contribution in [3.05, 3.63) is 75.0 Å². The molecular formula is C22H22Cl2N4O3. The van der Waals surface area contributed by atoms with Gasteiger partial charge in [0.2, 0.25) is 0 Å². The number of aryl methyl sites for hydroxylation is 2. The highest BCUT2D eigenvalue weighted by Gasteiger charge is 2.08. The lowest BCUT2D eigenvalue weighted by Gasteiger charge is -2.11. The molecule has 0 spiro atoms. The third-order valence-electron chi connectivity index (χ3n) is 4.37. The van der Waals surface area contributed by atoms with Crippen LogP contribution in [-0.4, -0.2) is 29.0 Å². The fourth-order valence-electron chi connectivity index (χ4n) is 2.86. The molecule has 3 rings (SSSR count). The maximum absolute atomic E-state index is 12.1. The third kappa shape index (κ3) is 6.23. The van der Waals surface area contributed by atoms with Gasteiger partial charge < -0.3 is 9.47 Å². The van der Waals surface area contributed by atoms with E-state index in [4.69, 9.17) is 32.7 Å². The number of ether oxygens (including phenoxy) is 2. The summed E-state index contributed by atoms with van der Waals surface area (Å²) < 4.78 is 12.9. The topological polar surface area (TPSA) is 77.7 Å². The number of hydrogen-bond acceptors (Lipinski definition) is 5. The van der Waals surface area contributed by atoms with E-state index in [0.29, 0.717) is 28.2 Å². The number of halogens is 2. The summed E-state index contributed by atoms with van der Waals surface area (Å²) in [5.74, 6) is 0.841. The van der Waals surface area contributed by atoms with Crippen molar-refractivity contribution in [1.82, 2.24) is 15.2 Å². The lowest BCUT2D eigenvalue weighted by Crippen LogP contribution is -2.24. The average molecular weight is 461 g/mol. The van der Waals surface area contributed by atoms with Crippen molar-refractivity contribution in [2.75, 3.05) is 7.11 Å². The molecule has 0 aliphatic heterocycles. The van der Waals surface area contributed by atoms with Gasteiger partial charge in [-0.3, -0.25) is 9.48 Å². The molecule has 1 amide bonds. The molecule has 0 fully saturated rings. The largest absolute Gasteiger partial charge is 0.493 e. The Morgan fingerprint density at radius 3 is 2.61 bits per heavy atom. The molecule has 2 aromatic carbocycles. The summed E-state index contributed by atoms with van der Waals surface area (Å²) in [6.07, 6.45) is 1.53. The predicted octanol–water partition coefficient (Wildman–Crippen LogP) is 4.54. The number of carbonyl (C=O) groups is 1. The molecule has 1 aromatic heterocycles. The van der Waals surface area contributed by atoms with E-state index in [9.17, 15) is 4.79 Å². The molecule has 0 saturated carbocycles. The van der Waals surface area contributed by atoms with Gasteiger partial charge in [-0.05, 0) is 61.4 Å². The summed E-state index contributed by atoms with van der Waals surface area (Å²) in [5.41, 5.74) is 5.90. The molecule has 0 bridgehead atoms. The molecule has 0 aliphatic carbocycles. The zero-order valence-electron chi connectivity index (χ0n) is 17.4. The number of carbonyl (C=O) groups excluding carboxylic acids is 1. The van der Waals surface area contributed by atoms with Crippen molar-refractivity contribution in [2.45, 2.75) is 27.0 Å². The Balaban J connectivity index is 1.59. The van der Waals surface area contributed by atoms with Crippen molar-refractivity contribution >= 4 is 35.3 Å². The molecule has 9 heteroatoms. The quantitative estimate of drug-likeness (QED) is 0.395. The normalized spacial score (nSPS) is 11.0. The van der Waals surface area contributed by atoms with E-state index in [-0.39, 0.29) is 12.5 Å². The van der Waals surface area contributed by atoms with Gasteiger partial charge in [0.15, 0.2) is 11.5 Å². The standard InChI is InChI=1S/C22H22Cl2N4O3/c1-14-8-15(2)28(27-14)12-22(29)26-25-11-16-5-7-20(21(10-16)30-3)31-13-17-4-6-18(23)19(24)9-17/h4-11H,12-13H2,1-3H3,(H,26,29)/b25-11-. The molecule has 3 aromatic rings. The van der Waals surface area contributed by atoms with Crippen molar-refractivity contribution in [2.24, 2.45) is 5.10 Å². The molecule has 0 saturated heterocycles. The van der Waals surface area contributed by atoms with E-state index in [2.05, 4.69) is 15.6 Å². The van der Waals surface area contributed by atoms with Crippen LogP contribution in [0.4, 0.5) is 0 Å². The van der Waals surface area contributed by atoms with Crippen LogP contribution < -0.4 is 14.9 Å². The molecular weight excluding hydrogens is 439 g/mol. The summed E-state index contributed by atoms with van der Waals surface area (Å²) in [6.45, 7) is 4.18. The summed E-state index contributed by atoms with van der Waals surface area (Å²) in [4.78, 5) is 12.1. The van der Waals surface area contributed by atoms with Gasteiger partial charge in [0.05, 0.1) is 29.1 Å². The lowest BCUT2D eigenvalue weighted by atomic mass is 10.2. The Labute approximate surface area is 190 Å². The van der Waals surface area contributed by atoms with Gasteiger partial charge in [0, 0.05) is 5.69 Å². The van der Waals surface area contributed by atoms with Crippen LogP contribution in [0.1, 0.15) is 22.5 Å². The van der Waals surface area contributed by atoms with E-state index in [0.717, 1.165) is 22.5 Å². The monoisotopic (exact) mass is 460 g/mol. The number of nitrogens with zero attached hydrogens (tertiary/aromatic N) is 3. The first-order valence-electron chi connectivity index (χ1n) is 9.43. The van der Waals surface area contributed by atoms with E-state index < -0.39 is 0 Å². The number of rotatable bonds is 8. The van der Waals surface area contributed by atoms with E-state index >= 15 is 0 Å². The average Bonchev–Trinajstić information content (AvgIpc) is 3.05. The van der Waals surface area contributed by atoms with Crippen LogP contribution in [0.5, 0.6) is 11.5 Å². The minimum Gasteiger partial charge on any atom is -0.493 e. The second-order valence-electron chi connectivity index (χ2n) is 6.83. The Kier molecular flexibility index (Phi) is 7.55. The zero-order chi connectivity index (χ0) is 22.4. The highest BCUT2D eigenvalue weighted by molar-refractivity contribution is 6.42. The van der Waals surface area contributed by atoms with E-state index in [1.54, 1.807) is 36.1 Å². The van der Waals surface area contributed by atoms with Crippen LogP contribution in [0.25, 0.3) is 0 Å². The minimum absolute atomic E-state index is 0.0990. The molecule has 7 nitrogen and oxygen atoms in total. The molecule has 0 unspecified atom stereocenters. The van der Waals surface area contributed by atoms with E-state index in [1.165, 1.54) is 6.21 Å². The first-order chi connectivity index (χ1) is 14.9. The smallest absolute Gasteiger partial charge is 0.261 e. The van der Waals surface area contributed by atoms with Gasteiger partial charge in [0.25, 0.3) is 5.91 Å². The Morgan fingerprint density at radius 1 is 1.13 bits per heavy atom. The van der Waals surface area contributed by atoms with Crippen molar-refractivity contribution in [3.8, 4) is 11.5 Å². The minimum atomic E-state index is -0.268. The van der Waals surface area contributed by atoms with Crippen LogP contribution in [0.15, 0.2) is 47.6 Å². The number of nitrogens with one attached hydrogen (secondary N) is 1. The molecule has 1 heterocycles. The predicted molar refractivity (Wildman–Crippen MR) is 121 cm³/mol. The van der Waals surface area contributed by atoms with Gasteiger partial charge in [-0.25, -0.2) is 5.43 Å². The SMILES string of the molecule is COc1cc(/C=N\NC(=O)Cn2nc(C)cc2C)ccc1OCc1ccc(Cl)c(Cl)c1. The van der Waals surface area contributed by atoms with Crippen LogP contribution in [0.2, 0.25) is 10.0 Å². The molecule has 1 N–H and O–H groups in total. The van der Waals surface area contributed by atoms with Gasteiger partial charge in [-0.1, -0.05) is 29.3 Å². The first-order valence-corrected chi connectivity index (χ1v) is 10.2. The molecule has 0 radical (unpaired) electrons. The zero-order valence-corrected chi connectivity index (χ0v) is 18.9. The second-order valence-corrected chi connectivity index (χ2v) is 7.64. The number of hydrazone groups is 1. The fraction of sp³-hybridized carbons (Fsp3) is 0.227. The Hall–Kier alpha value is -3.03. The second kappa shape index (κ2) is 10.3. The van der Waals surface area contributed by atoms with E-state index in [1.807, 2.05) is 32.0 Å². The van der Waals surface area contributed by atoms with Crippen LogP contribution in [-0.2, 0) is 17.9 Å². The van der Waals surface area contributed by atoms with Crippen molar-refractivity contribution in [3.63, 3.8) is 0 Å². The summed E-state index contributed by atoms with van der Waals surface area (Å²) >= 11 is 12.0. The fourth-order valence-corrected chi connectivity index (χ4v) is 3.18. The highest BCUT2D eigenvalue weighted by atomic mass is 35.5. The van der Waals surface area contributed by atoms with Crippen LogP contribution >= 0.6 is 23.2 Å². The van der Waals surface area contributed by atoms with Gasteiger partial charge in [0.1, 0.15) is 13.2 Å². The van der Waals surface area contributed by atoms with Crippen molar-refractivity contribution < 1.29 is 14.3 Å². The maximum Gasteiger partial charge on any atom is 0.261 e. The highest BCUT2D eigenvalue weighted by Crippen LogP contribution is 2.29. The van der Waals surface area contributed by atoms with Gasteiger partial charge in [-0.15, -0.1) is 0 Å². The van der Waals surface area contributed by atoms with Gasteiger partial charge in [-0.2, -0.15) is 10.2 Å². The molecule has 0 aliphatic rings. The summed E-state index contributed by atoms with van der Waals surface area (Å²) in [7, 11) is 1.55. The summed E-state index contributed by atoms with van der Waals surface area (Å²) in [5, 5.41) is 9.23. The number of hydrogen-bond donors (Lipinski definition) is 1. The van der Waals surface area contributed by atoms with Crippen LogP contribution in [0, 0.1) is 13.8 Å². The van der Waals surface area contributed by atoms with Crippen molar-refractivity contribution in [1.29, 1.82) is 0 Å². The lowest BCUT2D eigenvalue weighted by molar-refractivity contribution is -0.121. The van der Waals surface area contributed by atoms with Gasteiger partial charge >= 0.3 is 0 Å². The van der Waals surface area contributed by atoms with Crippen LogP contribution in [0.3, 0.4) is 0 Å². The number of methoxy groups -OCH3 is 1.